The van der Waals surface area contributed by atoms with Gasteiger partial charge in [0.15, 0.2) is 0 Å². The number of hydrogen-bond donors (Lipinski definition) is 1. The van der Waals surface area contributed by atoms with Crippen molar-refractivity contribution in [3.63, 3.8) is 0 Å². The Morgan fingerprint density at radius 2 is 1.82 bits per heavy atom. The maximum Gasteiger partial charge on any atom is 0.416 e. The molecule has 1 saturated heterocycles. The first-order valence-corrected chi connectivity index (χ1v) is 9.01. The first kappa shape index (κ1) is 17.8. The average molecular weight is 376 g/mol. The van der Waals surface area contributed by atoms with Crippen LogP contribution in [-0.2, 0) is 11.8 Å². The molecule has 1 aliphatic rings. The van der Waals surface area contributed by atoms with E-state index in [4.69, 9.17) is 4.74 Å². The van der Waals surface area contributed by atoms with Crippen molar-refractivity contribution in [3.05, 3.63) is 72.4 Å². The average Bonchev–Trinajstić information content (AvgIpc) is 3.31. The minimum absolute atomic E-state index is 0.199. The highest BCUT2D eigenvalue weighted by atomic mass is 16.6. The minimum Gasteiger partial charge on any atom is -0.442 e. The Morgan fingerprint density at radius 1 is 1.11 bits per heavy atom. The lowest BCUT2D eigenvalue weighted by Gasteiger charge is -2.12. The Hall–Kier alpha value is -3.61. The zero-order valence-corrected chi connectivity index (χ0v) is 15.4. The summed E-state index contributed by atoms with van der Waals surface area (Å²) in [4.78, 5) is 26.0. The van der Waals surface area contributed by atoms with Crippen LogP contribution < -0.4 is 10.2 Å². The van der Waals surface area contributed by atoms with Crippen molar-refractivity contribution >= 4 is 17.8 Å². The summed E-state index contributed by atoms with van der Waals surface area (Å²) in [6.45, 7) is 0.616. The second-order valence-corrected chi connectivity index (χ2v) is 6.58. The molecule has 2 heterocycles. The third kappa shape index (κ3) is 3.59. The van der Waals surface area contributed by atoms with Crippen molar-refractivity contribution in [2.45, 2.75) is 6.10 Å². The number of carbonyl (C=O) groups excluding carboxylic acids is 2. The number of hydrogen-bond acceptors (Lipinski definition) is 4. The molecule has 0 radical (unpaired) electrons. The molecule has 1 fully saturated rings. The molecule has 1 aromatic heterocycles. The number of nitrogens with zero attached hydrogens (tertiary/aromatic N) is 3. The summed E-state index contributed by atoms with van der Waals surface area (Å²) < 4.78 is 6.95. The van der Waals surface area contributed by atoms with E-state index in [0.717, 1.165) is 11.1 Å². The fraction of sp³-hybridized carbons (Fsp3) is 0.190. The smallest absolute Gasteiger partial charge is 0.416 e. The van der Waals surface area contributed by atoms with E-state index < -0.39 is 12.2 Å². The van der Waals surface area contributed by atoms with Crippen LogP contribution in [-0.4, -0.2) is 41.0 Å². The largest absolute Gasteiger partial charge is 0.442 e. The van der Waals surface area contributed by atoms with E-state index in [2.05, 4.69) is 10.4 Å². The topological polar surface area (TPSA) is 76.5 Å². The highest BCUT2D eigenvalue weighted by Crippen LogP contribution is 2.21. The van der Waals surface area contributed by atoms with E-state index in [9.17, 15) is 9.59 Å². The van der Waals surface area contributed by atoms with E-state index in [1.165, 1.54) is 4.90 Å². The van der Waals surface area contributed by atoms with Gasteiger partial charge in [0, 0.05) is 18.7 Å². The molecule has 1 aliphatic heterocycles. The van der Waals surface area contributed by atoms with Gasteiger partial charge in [-0.15, -0.1) is 0 Å². The number of nitrogens with one attached hydrogen (secondary N) is 1. The SMILES string of the molecule is Cn1nccc1N1CC(CNC(=O)c2ccc(-c3ccccc3)cc2)OC1=O. The zero-order valence-electron chi connectivity index (χ0n) is 15.4. The molecule has 0 saturated carbocycles. The zero-order chi connectivity index (χ0) is 19.5. The lowest BCUT2D eigenvalue weighted by molar-refractivity contribution is 0.0916. The molecule has 3 aromatic rings. The van der Waals surface area contributed by atoms with Gasteiger partial charge in [-0.25, -0.2) is 4.79 Å². The summed E-state index contributed by atoms with van der Waals surface area (Å²) in [7, 11) is 1.76. The van der Waals surface area contributed by atoms with Gasteiger partial charge in [-0.3, -0.25) is 14.4 Å². The van der Waals surface area contributed by atoms with Crippen LogP contribution in [0.3, 0.4) is 0 Å². The third-order valence-electron chi connectivity index (χ3n) is 4.69. The predicted molar refractivity (Wildman–Crippen MR) is 105 cm³/mol. The first-order valence-electron chi connectivity index (χ1n) is 9.01. The number of carbonyl (C=O) groups is 2. The van der Waals surface area contributed by atoms with E-state index in [-0.39, 0.29) is 12.5 Å². The Bertz CT molecular complexity index is 982. The van der Waals surface area contributed by atoms with Crippen molar-refractivity contribution < 1.29 is 14.3 Å². The molecule has 0 spiro atoms. The maximum absolute atomic E-state index is 12.4. The van der Waals surface area contributed by atoms with Crippen LogP contribution in [0.15, 0.2) is 66.9 Å². The van der Waals surface area contributed by atoms with Crippen molar-refractivity contribution in [2.75, 3.05) is 18.0 Å². The summed E-state index contributed by atoms with van der Waals surface area (Å²) in [5.41, 5.74) is 2.71. The number of anilines is 1. The third-order valence-corrected chi connectivity index (χ3v) is 4.69. The van der Waals surface area contributed by atoms with Gasteiger partial charge < -0.3 is 10.1 Å². The molecular formula is C21H20N4O3. The molecule has 1 unspecified atom stereocenters. The van der Waals surface area contributed by atoms with Crippen LogP contribution in [0.25, 0.3) is 11.1 Å². The molecule has 7 heteroatoms. The van der Waals surface area contributed by atoms with E-state index in [1.54, 1.807) is 36.1 Å². The Balaban J connectivity index is 1.35. The number of rotatable bonds is 5. The molecule has 4 rings (SSSR count). The number of aromatic nitrogens is 2. The Labute approximate surface area is 162 Å². The van der Waals surface area contributed by atoms with E-state index in [1.807, 2.05) is 42.5 Å². The molecule has 2 amide bonds. The predicted octanol–water partition coefficient (Wildman–Crippen LogP) is 2.84. The van der Waals surface area contributed by atoms with Gasteiger partial charge in [-0.1, -0.05) is 42.5 Å². The van der Waals surface area contributed by atoms with Crippen molar-refractivity contribution in [1.82, 2.24) is 15.1 Å². The fourth-order valence-corrected chi connectivity index (χ4v) is 3.20. The molecule has 142 valence electrons. The molecule has 28 heavy (non-hydrogen) atoms. The maximum atomic E-state index is 12.4. The van der Waals surface area contributed by atoms with Crippen molar-refractivity contribution in [2.24, 2.45) is 7.05 Å². The van der Waals surface area contributed by atoms with Gasteiger partial charge >= 0.3 is 6.09 Å². The summed E-state index contributed by atoms with van der Waals surface area (Å²) in [5, 5.41) is 6.90. The van der Waals surface area contributed by atoms with Gasteiger partial charge in [0.1, 0.15) is 11.9 Å². The standard InChI is InChI=1S/C21H20N4O3/c1-24-19(11-12-23-24)25-14-18(28-21(25)27)13-22-20(26)17-9-7-16(8-10-17)15-5-3-2-4-6-15/h2-12,18H,13-14H2,1H3,(H,22,26). The summed E-state index contributed by atoms with van der Waals surface area (Å²) in [6.07, 6.45) is 0.779. The molecule has 2 aromatic carbocycles. The number of aryl methyl sites for hydroxylation is 1. The van der Waals surface area contributed by atoms with Crippen LogP contribution >= 0.6 is 0 Å². The monoisotopic (exact) mass is 376 g/mol. The first-order chi connectivity index (χ1) is 13.6. The fourth-order valence-electron chi connectivity index (χ4n) is 3.20. The normalized spacial score (nSPS) is 16.1. The number of amides is 2. The second kappa shape index (κ2) is 7.56. The minimum atomic E-state index is -0.435. The number of benzene rings is 2. The molecule has 7 nitrogen and oxygen atoms in total. The Morgan fingerprint density at radius 3 is 2.50 bits per heavy atom. The Kier molecular flexibility index (Phi) is 4.80. The molecule has 1 N–H and O–H groups in total. The summed E-state index contributed by atoms with van der Waals surface area (Å²) in [6, 6.07) is 19.2. The van der Waals surface area contributed by atoms with Gasteiger partial charge in [-0.2, -0.15) is 5.10 Å². The van der Waals surface area contributed by atoms with Crippen molar-refractivity contribution in [3.8, 4) is 11.1 Å². The van der Waals surface area contributed by atoms with Gasteiger partial charge in [0.2, 0.25) is 0 Å². The quantitative estimate of drug-likeness (QED) is 0.743. The number of ether oxygens (including phenoxy) is 1. The molecular weight excluding hydrogens is 356 g/mol. The highest BCUT2D eigenvalue weighted by molar-refractivity contribution is 5.95. The van der Waals surface area contributed by atoms with Crippen LogP contribution in [0, 0.1) is 0 Å². The summed E-state index contributed by atoms with van der Waals surface area (Å²) >= 11 is 0. The molecule has 0 bridgehead atoms. The van der Waals surface area contributed by atoms with E-state index >= 15 is 0 Å². The number of cyclic esters (lactones) is 1. The van der Waals surface area contributed by atoms with Gasteiger partial charge in [0.25, 0.3) is 5.91 Å². The van der Waals surface area contributed by atoms with Crippen LogP contribution in [0.2, 0.25) is 0 Å². The van der Waals surface area contributed by atoms with Gasteiger partial charge in [-0.05, 0) is 23.3 Å². The summed E-state index contributed by atoms with van der Waals surface area (Å²) in [5.74, 6) is 0.463. The van der Waals surface area contributed by atoms with Crippen LogP contribution in [0.4, 0.5) is 10.6 Å². The lowest BCUT2D eigenvalue weighted by atomic mass is 10.0. The van der Waals surface area contributed by atoms with Gasteiger partial charge in [0.05, 0.1) is 19.3 Å². The molecule has 1 atom stereocenters. The van der Waals surface area contributed by atoms with Crippen LogP contribution in [0.1, 0.15) is 10.4 Å². The lowest BCUT2D eigenvalue weighted by Crippen LogP contribution is -2.34. The highest BCUT2D eigenvalue weighted by Gasteiger charge is 2.33. The second-order valence-electron chi connectivity index (χ2n) is 6.58. The van der Waals surface area contributed by atoms with Crippen LogP contribution in [0.5, 0.6) is 0 Å². The van der Waals surface area contributed by atoms with E-state index in [0.29, 0.717) is 17.9 Å². The molecule has 0 aliphatic carbocycles. The van der Waals surface area contributed by atoms with Crippen molar-refractivity contribution in [1.29, 1.82) is 0 Å².